The molecule has 1 N–H and O–H groups in total. The van der Waals surface area contributed by atoms with Gasteiger partial charge in [-0.05, 0) is 0 Å². The van der Waals surface area contributed by atoms with Crippen molar-refractivity contribution in [2.24, 2.45) is 0 Å². The Bertz CT molecular complexity index is 522. The van der Waals surface area contributed by atoms with Crippen molar-refractivity contribution in [2.75, 3.05) is 25.9 Å². The summed E-state index contributed by atoms with van der Waals surface area (Å²) >= 11 is 0. The molecular weight excluding hydrogens is 268 g/mol. The molecule has 19 heavy (non-hydrogen) atoms. The fourth-order valence-electron chi connectivity index (χ4n) is 1.91. The van der Waals surface area contributed by atoms with Crippen LogP contribution in [0.2, 0.25) is 0 Å². The quantitative estimate of drug-likeness (QED) is 0.791. The van der Waals surface area contributed by atoms with E-state index in [1.165, 1.54) is 10.6 Å². The first-order valence-electron chi connectivity index (χ1n) is 6.38. The van der Waals surface area contributed by atoms with E-state index in [0.29, 0.717) is 37.8 Å². The summed E-state index contributed by atoms with van der Waals surface area (Å²) in [7, 11) is -3.20. The standard InChI is InChI=1S/C11H20N4O3S/c1-8(2)11-13-10(14-18-11)4-5-15(19(3,16)17)9-6-12-7-9/h8-9,12H,4-7H2,1-3H3. The van der Waals surface area contributed by atoms with Crippen LogP contribution in [0.1, 0.15) is 31.5 Å². The van der Waals surface area contributed by atoms with Crippen molar-refractivity contribution in [3.8, 4) is 0 Å². The molecule has 2 heterocycles. The number of hydrogen-bond acceptors (Lipinski definition) is 6. The second kappa shape index (κ2) is 5.56. The van der Waals surface area contributed by atoms with Gasteiger partial charge in [-0.1, -0.05) is 19.0 Å². The second-order valence-electron chi connectivity index (χ2n) is 5.14. The maximum Gasteiger partial charge on any atom is 0.229 e. The SMILES string of the molecule is CC(C)c1nc(CCN(C2CNC2)S(C)(=O)=O)no1. The van der Waals surface area contributed by atoms with Crippen LogP contribution in [-0.4, -0.2) is 54.8 Å². The molecule has 0 radical (unpaired) electrons. The van der Waals surface area contributed by atoms with Gasteiger partial charge in [-0.2, -0.15) is 9.29 Å². The Morgan fingerprint density at radius 3 is 2.58 bits per heavy atom. The lowest BCUT2D eigenvalue weighted by molar-refractivity contribution is 0.243. The summed E-state index contributed by atoms with van der Waals surface area (Å²) in [5.74, 6) is 1.33. The molecule has 0 aromatic carbocycles. The summed E-state index contributed by atoms with van der Waals surface area (Å²) in [5.41, 5.74) is 0. The van der Waals surface area contributed by atoms with Gasteiger partial charge in [0.25, 0.3) is 0 Å². The monoisotopic (exact) mass is 288 g/mol. The molecule has 0 spiro atoms. The third-order valence-corrected chi connectivity index (χ3v) is 4.46. The fraction of sp³-hybridized carbons (Fsp3) is 0.818. The lowest BCUT2D eigenvalue weighted by atomic mass is 10.2. The molecule has 0 saturated carbocycles. The van der Waals surface area contributed by atoms with Crippen molar-refractivity contribution in [3.05, 3.63) is 11.7 Å². The van der Waals surface area contributed by atoms with Gasteiger partial charge in [-0.25, -0.2) is 8.42 Å². The number of sulfonamides is 1. The molecule has 8 heteroatoms. The zero-order chi connectivity index (χ0) is 14.0. The molecule has 0 aliphatic carbocycles. The van der Waals surface area contributed by atoms with Gasteiger partial charge in [-0.3, -0.25) is 0 Å². The molecule has 1 aromatic rings. The Morgan fingerprint density at radius 1 is 1.47 bits per heavy atom. The van der Waals surface area contributed by atoms with Crippen LogP contribution in [0.15, 0.2) is 4.52 Å². The highest BCUT2D eigenvalue weighted by Crippen LogP contribution is 2.13. The molecule has 2 rings (SSSR count). The van der Waals surface area contributed by atoms with Crippen molar-refractivity contribution in [1.29, 1.82) is 0 Å². The number of rotatable bonds is 6. The smallest absolute Gasteiger partial charge is 0.229 e. The average Bonchev–Trinajstić information content (AvgIpc) is 2.68. The molecule has 0 bridgehead atoms. The summed E-state index contributed by atoms with van der Waals surface area (Å²) in [6.07, 6.45) is 1.71. The Hall–Kier alpha value is -0.990. The van der Waals surface area contributed by atoms with Crippen LogP contribution >= 0.6 is 0 Å². The first-order chi connectivity index (χ1) is 8.88. The van der Waals surface area contributed by atoms with Crippen LogP contribution in [0, 0.1) is 0 Å². The van der Waals surface area contributed by atoms with Gasteiger partial charge in [0.2, 0.25) is 15.9 Å². The molecular formula is C11H20N4O3S. The van der Waals surface area contributed by atoms with E-state index in [2.05, 4.69) is 15.5 Å². The van der Waals surface area contributed by atoms with Crippen molar-refractivity contribution in [1.82, 2.24) is 19.8 Å². The van der Waals surface area contributed by atoms with Crippen LogP contribution in [0.4, 0.5) is 0 Å². The van der Waals surface area contributed by atoms with E-state index < -0.39 is 10.0 Å². The van der Waals surface area contributed by atoms with E-state index in [0.717, 1.165) is 0 Å². The van der Waals surface area contributed by atoms with Crippen molar-refractivity contribution < 1.29 is 12.9 Å². The first kappa shape index (κ1) is 14.4. The average molecular weight is 288 g/mol. The first-order valence-corrected chi connectivity index (χ1v) is 8.22. The van der Waals surface area contributed by atoms with Crippen LogP contribution in [0.25, 0.3) is 0 Å². The minimum atomic E-state index is -3.20. The topological polar surface area (TPSA) is 88.3 Å². The Morgan fingerprint density at radius 2 is 2.16 bits per heavy atom. The fourth-order valence-corrected chi connectivity index (χ4v) is 3.02. The van der Waals surface area contributed by atoms with Crippen molar-refractivity contribution in [2.45, 2.75) is 32.2 Å². The number of nitrogens with one attached hydrogen (secondary N) is 1. The van der Waals surface area contributed by atoms with E-state index in [9.17, 15) is 8.42 Å². The van der Waals surface area contributed by atoms with Gasteiger partial charge in [0.05, 0.1) is 6.26 Å². The molecule has 1 aliphatic rings. The zero-order valence-electron chi connectivity index (χ0n) is 11.5. The predicted octanol–water partition coefficient (Wildman–Crippen LogP) is -0.0311. The maximum absolute atomic E-state index is 11.7. The van der Waals surface area contributed by atoms with Gasteiger partial charge in [0.1, 0.15) is 0 Å². The third kappa shape index (κ3) is 3.52. The minimum absolute atomic E-state index is 0.0477. The molecule has 1 aromatic heterocycles. The van der Waals surface area contributed by atoms with E-state index in [4.69, 9.17) is 4.52 Å². The number of hydrogen-bond donors (Lipinski definition) is 1. The summed E-state index contributed by atoms with van der Waals surface area (Å²) in [4.78, 5) is 4.25. The molecule has 0 atom stereocenters. The van der Waals surface area contributed by atoms with E-state index in [1.807, 2.05) is 13.8 Å². The number of aromatic nitrogens is 2. The molecule has 108 valence electrons. The highest BCUT2D eigenvalue weighted by molar-refractivity contribution is 7.88. The summed E-state index contributed by atoms with van der Waals surface area (Å²) in [6.45, 7) is 5.75. The predicted molar refractivity (Wildman–Crippen MR) is 70.3 cm³/mol. The van der Waals surface area contributed by atoms with Crippen molar-refractivity contribution >= 4 is 10.0 Å². The normalized spacial score (nSPS) is 17.1. The van der Waals surface area contributed by atoms with Gasteiger partial charge >= 0.3 is 0 Å². The Labute approximate surface area is 113 Å². The molecule has 0 amide bonds. The van der Waals surface area contributed by atoms with Crippen LogP contribution in [0.5, 0.6) is 0 Å². The summed E-state index contributed by atoms with van der Waals surface area (Å²) < 4.78 is 30.1. The van der Waals surface area contributed by atoms with Gasteiger partial charge < -0.3 is 9.84 Å². The van der Waals surface area contributed by atoms with E-state index in [1.54, 1.807) is 0 Å². The third-order valence-electron chi connectivity index (χ3n) is 3.13. The van der Waals surface area contributed by atoms with Crippen molar-refractivity contribution in [3.63, 3.8) is 0 Å². The molecule has 1 fully saturated rings. The van der Waals surface area contributed by atoms with E-state index in [-0.39, 0.29) is 12.0 Å². The largest absolute Gasteiger partial charge is 0.339 e. The van der Waals surface area contributed by atoms with Gasteiger partial charge in [-0.15, -0.1) is 0 Å². The molecule has 0 unspecified atom stereocenters. The highest BCUT2D eigenvalue weighted by atomic mass is 32.2. The van der Waals surface area contributed by atoms with Crippen LogP contribution < -0.4 is 5.32 Å². The molecule has 1 aliphatic heterocycles. The van der Waals surface area contributed by atoms with Gasteiger partial charge in [0, 0.05) is 38.0 Å². The zero-order valence-corrected chi connectivity index (χ0v) is 12.3. The number of nitrogens with zero attached hydrogens (tertiary/aromatic N) is 3. The summed E-state index contributed by atoms with van der Waals surface area (Å²) in [5, 5.41) is 6.95. The van der Waals surface area contributed by atoms with Crippen LogP contribution in [-0.2, 0) is 16.4 Å². The van der Waals surface area contributed by atoms with Gasteiger partial charge in [0.15, 0.2) is 5.82 Å². The van der Waals surface area contributed by atoms with Crippen LogP contribution in [0.3, 0.4) is 0 Å². The molecule has 1 saturated heterocycles. The maximum atomic E-state index is 11.7. The highest BCUT2D eigenvalue weighted by Gasteiger charge is 2.31. The molecule has 7 nitrogen and oxygen atoms in total. The summed E-state index contributed by atoms with van der Waals surface area (Å²) in [6, 6.07) is 0.0477. The minimum Gasteiger partial charge on any atom is -0.339 e. The Kier molecular flexibility index (Phi) is 4.22. The lowest BCUT2D eigenvalue weighted by Crippen LogP contribution is -2.59. The second-order valence-corrected chi connectivity index (χ2v) is 7.07. The lowest BCUT2D eigenvalue weighted by Gasteiger charge is -2.36. The Balaban J connectivity index is 1.98. The van der Waals surface area contributed by atoms with E-state index >= 15 is 0 Å².